The standard InChI is InChI=1S/C14H21F3N2O4/c1-13(2)5-8(3-4-23-13)18-12(22)19-6-9(11(20)21)10(7-19)14(15,16)17/h8-10H,3-7H2,1-2H3,(H,18,22)(H,20,21)/t8?,9-,10-/m1/s1. The average Bonchev–Trinajstić information content (AvgIpc) is 2.82. The number of carboxylic acid groups (broad SMARTS) is 1. The molecule has 0 bridgehead atoms. The zero-order valence-electron chi connectivity index (χ0n) is 13.0. The first-order valence-corrected chi connectivity index (χ1v) is 7.48. The van der Waals surface area contributed by atoms with Crippen molar-refractivity contribution in [3.8, 4) is 0 Å². The molecule has 2 amide bonds. The number of likely N-dealkylation sites (tertiary alicyclic amines) is 1. The Morgan fingerprint density at radius 3 is 2.43 bits per heavy atom. The number of nitrogens with zero attached hydrogens (tertiary/aromatic N) is 1. The summed E-state index contributed by atoms with van der Waals surface area (Å²) in [7, 11) is 0. The molecule has 0 aromatic carbocycles. The molecular weight excluding hydrogens is 317 g/mol. The maximum Gasteiger partial charge on any atom is 0.394 e. The minimum atomic E-state index is -4.64. The molecule has 1 unspecified atom stereocenters. The lowest BCUT2D eigenvalue weighted by molar-refractivity contribution is -0.187. The van der Waals surface area contributed by atoms with Crippen LogP contribution in [0.5, 0.6) is 0 Å². The normalized spacial score (nSPS) is 31.0. The van der Waals surface area contributed by atoms with Crippen LogP contribution >= 0.6 is 0 Å². The fourth-order valence-electron chi connectivity index (χ4n) is 3.17. The number of alkyl halides is 3. The summed E-state index contributed by atoms with van der Waals surface area (Å²) in [6.45, 7) is 3.15. The van der Waals surface area contributed by atoms with Crippen molar-refractivity contribution >= 4 is 12.0 Å². The van der Waals surface area contributed by atoms with Gasteiger partial charge in [-0.25, -0.2) is 4.79 Å². The summed E-state index contributed by atoms with van der Waals surface area (Å²) in [4.78, 5) is 24.1. The van der Waals surface area contributed by atoms with Crippen LogP contribution in [0.1, 0.15) is 26.7 Å². The van der Waals surface area contributed by atoms with Crippen LogP contribution in [-0.4, -0.2) is 59.5 Å². The van der Waals surface area contributed by atoms with Gasteiger partial charge in [0.15, 0.2) is 0 Å². The molecule has 2 fully saturated rings. The van der Waals surface area contributed by atoms with Gasteiger partial charge < -0.3 is 20.1 Å². The fraction of sp³-hybridized carbons (Fsp3) is 0.857. The summed E-state index contributed by atoms with van der Waals surface area (Å²) in [6.07, 6.45) is -3.51. The highest BCUT2D eigenvalue weighted by molar-refractivity contribution is 5.78. The van der Waals surface area contributed by atoms with Crippen LogP contribution in [-0.2, 0) is 9.53 Å². The third-order valence-corrected chi connectivity index (χ3v) is 4.37. The molecule has 6 nitrogen and oxygen atoms in total. The van der Waals surface area contributed by atoms with Crippen molar-refractivity contribution in [3.05, 3.63) is 0 Å². The number of carboxylic acids is 1. The molecule has 3 atom stereocenters. The van der Waals surface area contributed by atoms with Crippen LogP contribution in [0.25, 0.3) is 0 Å². The predicted octanol–water partition coefficient (Wildman–Crippen LogP) is 1.85. The second kappa shape index (κ2) is 6.18. The molecule has 0 aliphatic carbocycles. The van der Waals surface area contributed by atoms with Gasteiger partial charge in [0.05, 0.1) is 17.4 Å². The lowest BCUT2D eigenvalue weighted by Gasteiger charge is -2.36. The molecule has 2 heterocycles. The Morgan fingerprint density at radius 2 is 1.96 bits per heavy atom. The number of hydrogen-bond acceptors (Lipinski definition) is 3. The number of aliphatic carboxylic acids is 1. The molecule has 9 heteroatoms. The van der Waals surface area contributed by atoms with Crippen molar-refractivity contribution < 1.29 is 32.6 Å². The third-order valence-electron chi connectivity index (χ3n) is 4.37. The summed E-state index contributed by atoms with van der Waals surface area (Å²) >= 11 is 0. The van der Waals surface area contributed by atoms with E-state index in [1.54, 1.807) is 0 Å². The smallest absolute Gasteiger partial charge is 0.394 e. The Balaban J connectivity index is 1.99. The first-order valence-electron chi connectivity index (χ1n) is 7.48. The summed E-state index contributed by atoms with van der Waals surface area (Å²) < 4.78 is 44.3. The highest BCUT2D eigenvalue weighted by Gasteiger charge is 2.53. The van der Waals surface area contributed by atoms with Gasteiger partial charge in [0, 0.05) is 25.7 Å². The van der Waals surface area contributed by atoms with Gasteiger partial charge in [0.2, 0.25) is 0 Å². The highest BCUT2D eigenvalue weighted by Crippen LogP contribution is 2.37. The zero-order valence-corrected chi connectivity index (χ0v) is 13.0. The molecule has 2 aliphatic rings. The number of hydrogen-bond donors (Lipinski definition) is 2. The molecule has 0 spiro atoms. The summed E-state index contributed by atoms with van der Waals surface area (Å²) in [5.41, 5.74) is -0.403. The summed E-state index contributed by atoms with van der Waals surface area (Å²) in [5, 5.41) is 11.7. The molecule has 0 aromatic heterocycles. The number of carbonyl (C=O) groups excluding carboxylic acids is 1. The van der Waals surface area contributed by atoms with E-state index in [4.69, 9.17) is 9.84 Å². The maximum atomic E-state index is 12.9. The maximum absolute atomic E-state index is 12.9. The molecule has 132 valence electrons. The lowest BCUT2D eigenvalue weighted by Crippen LogP contribution is -2.50. The Labute approximate surface area is 132 Å². The average molecular weight is 338 g/mol. The molecular formula is C14H21F3N2O4. The molecule has 0 aromatic rings. The van der Waals surface area contributed by atoms with Crippen LogP contribution in [0.15, 0.2) is 0 Å². The Hall–Kier alpha value is -1.51. The largest absolute Gasteiger partial charge is 0.481 e. The van der Waals surface area contributed by atoms with Gasteiger partial charge in [0.25, 0.3) is 0 Å². The van der Waals surface area contributed by atoms with Crippen molar-refractivity contribution in [2.75, 3.05) is 19.7 Å². The molecule has 0 saturated carbocycles. The number of urea groups is 1. The lowest BCUT2D eigenvalue weighted by atomic mass is 9.94. The van der Waals surface area contributed by atoms with E-state index < -0.39 is 48.7 Å². The fourth-order valence-corrected chi connectivity index (χ4v) is 3.17. The molecule has 2 saturated heterocycles. The molecule has 2 aliphatic heterocycles. The van der Waals surface area contributed by atoms with E-state index in [1.807, 2.05) is 13.8 Å². The van der Waals surface area contributed by atoms with E-state index in [2.05, 4.69) is 5.32 Å². The number of amides is 2. The molecule has 2 rings (SSSR count). The number of ether oxygens (including phenoxy) is 1. The number of carbonyl (C=O) groups is 2. The number of nitrogens with one attached hydrogen (secondary N) is 1. The van der Waals surface area contributed by atoms with Crippen molar-refractivity contribution in [1.29, 1.82) is 0 Å². The van der Waals surface area contributed by atoms with Crippen LogP contribution in [0.3, 0.4) is 0 Å². The third kappa shape index (κ3) is 4.27. The Kier molecular flexibility index (Phi) is 4.79. The predicted molar refractivity (Wildman–Crippen MR) is 73.8 cm³/mol. The van der Waals surface area contributed by atoms with Gasteiger partial charge in [-0.1, -0.05) is 0 Å². The van der Waals surface area contributed by atoms with Gasteiger partial charge in [0.1, 0.15) is 0 Å². The number of rotatable bonds is 2. The van der Waals surface area contributed by atoms with E-state index in [-0.39, 0.29) is 6.04 Å². The summed E-state index contributed by atoms with van der Waals surface area (Å²) in [6, 6.07) is -0.842. The zero-order chi connectivity index (χ0) is 17.4. The van der Waals surface area contributed by atoms with Crippen LogP contribution in [0.4, 0.5) is 18.0 Å². The first kappa shape index (κ1) is 17.8. The first-order chi connectivity index (χ1) is 10.5. The van der Waals surface area contributed by atoms with Gasteiger partial charge in [-0.05, 0) is 26.7 Å². The van der Waals surface area contributed by atoms with E-state index in [1.165, 1.54) is 0 Å². The van der Waals surface area contributed by atoms with E-state index in [9.17, 15) is 22.8 Å². The van der Waals surface area contributed by atoms with Crippen LogP contribution in [0, 0.1) is 11.8 Å². The second-order valence-corrected chi connectivity index (χ2v) is 6.75. The van der Waals surface area contributed by atoms with Crippen molar-refractivity contribution in [2.45, 2.75) is 44.5 Å². The molecule has 2 N–H and O–H groups in total. The highest BCUT2D eigenvalue weighted by atomic mass is 19.4. The molecule has 23 heavy (non-hydrogen) atoms. The monoisotopic (exact) mass is 338 g/mol. The van der Waals surface area contributed by atoms with Gasteiger partial charge in [-0.2, -0.15) is 13.2 Å². The van der Waals surface area contributed by atoms with Crippen molar-refractivity contribution in [2.24, 2.45) is 11.8 Å². The SMILES string of the molecule is CC1(C)CC(NC(=O)N2C[C@@H](C(F)(F)F)[C@H](C(=O)O)C2)CCO1. The Bertz CT molecular complexity index is 481. The Morgan fingerprint density at radius 1 is 1.30 bits per heavy atom. The quantitative estimate of drug-likeness (QED) is 0.805. The second-order valence-electron chi connectivity index (χ2n) is 6.75. The van der Waals surface area contributed by atoms with Crippen molar-refractivity contribution in [1.82, 2.24) is 10.2 Å². The minimum absolute atomic E-state index is 0.195. The number of halogens is 3. The van der Waals surface area contributed by atoms with Crippen LogP contribution in [0.2, 0.25) is 0 Å². The summed E-state index contributed by atoms with van der Waals surface area (Å²) in [5.74, 6) is -5.18. The van der Waals surface area contributed by atoms with Gasteiger partial charge in [-0.15, -0.1) is 0 Å². The topological polar surface area (TPSA) is 78.9 Å². The minimum Gasteiger partial charge on any atom is -0.481 e. The molecule has 0 radical (unpaired) electrons. The van der Waals surface area contributed by atoms with E-state index >= 15 is 0 Å². The van der Waals surface area contributed by atoms with E-state index in [0.717, 1.165) is 4.90 Å². The van der Waals surface area contributed by atoms with Crippen molar-refractivity contribution in [3.63, 3.8) is 0 Å². The van der Waals surface area contributed by atoms with Crippen LogP contribution < -0.4 is 5.32 Å². The van der Waals surface area contributed by atoms with Gasteiger partial charge >= 0.3 is 18.2 Å². The van der Waals surface area contributed by atoms with E-state index in [0.29, 0.717) is 19.4 Å². The van der Waals surface area contributed by atoms with Gasteiger partial charge in [-0.3, -0.25) is 4.79 Å².